The summed E-state index contributed by atoms with van der Waals surface area (Å²) >= 11 is 0. The molecule has 1 amide bonds. The van der Waals surface area contributed by atoms with Gasteiger partial charge in [0.05, 0.1) is 11.7 Å². The van der Waals surface area contributed by atoms with E-state index in [1.54, 1.807) is 10.9 Å². The summed E-state index contributed by atoms with van der Waals surface area (Å²) < 4.78 is 6.85. The van der Waals surface area contributed by atoms with Crippen LogP contribution in [0.15, 0.2) is 83.8 Å². The van der Waals surface area contributed by atoms with Crippen molar-refractivity contribution in [2.24, 2.45) is 0 Å². The van der Waals surface area contributed by atoms with Gasteiger partial charge < -0.3 is 9.84 Å². The zero-order valence-electron chi connectivity index (χ0n) is 14.7. The Morgan fingerprint density at radius 3 is 2.63 bits per heavy atom. The molecule has 1 N–H and O–H groups in total. The molecule has 4 rings (SSSR count). The van der Waals surface area contributed by atoms with Crippen LogP contribution in [0.3, 0.4) is 0 Å². The fourth-order valence-corrected chi connectivity index (χ4v) is 3.03. The predicted molar refractivity (Wildman–Crippen MR) is 101 cm³/mol. The molecule has 134 valence electrons. The van der Waals surface area contributed by atoms with Crippen LogP contribution in [0.2, 0.25) is 0 Å². The molecule has 6 nitrogen and oxygen atoms in total. The molecule has 27 heavy (non-hydrogen) atoms. The summed E-state index contributed by atoms with van der Waals surface area (Å²) in [5.74, 6) is -0.238. The fourth-order valence-electron chi connectivity index (χ4n) is 3.03. The van der Waals surface area contributed by atoms with Gasteiger partial charge in [-0.2, -0.15) is 5.10 Å². The Morgan fingerprint density at radius 1 is 1.07 bits per heavy atom. The van der Waals surface area contributed by atoms with E-state index < -0.39 is 0 Å². The average molecular weight is 358 g/mol. The first-order valence-electron chi connectivity index (χ1n) is 8.63. The maximum Gasteiger partial charge on any atom is 0.257 e. The molecule has 4 aromatic rings. The van der Waals surface area contributed by atoms with Crippen molar-refractivity contribution in [1.29, 1.82) is 0 Å². The first-order chi connectivity index (χ1) is 13.2. The zero-order valence-corrected chi connectivity index (χ0v) is 14.7. The number of nitrogens with one attached hydrogen (secondary N) is 1. The molecule has 2 aromatic carbocycles. The molecular weight excluding hydrogens is 340 g/mol. The Bertz CT molecular complexity index is 1040. The summed E-state index contributed by atoms with van der Waals surface area (Å²) in [6.45, 7) is 1.94. The van der Waals surface area contributed by atoms with Crippen molar-refractivity contribution in [2.45, 2.75) is 13.0 Å². The van der Waals surface area contributed by atoms with Crippen LogP contribution in [0.1, 0.15) is 28.9 Å². The lowest BCUT2D eigenvalue weighted by Crippen LogP contribution is -2.27. The second-order valence-electron chi connectivity index (χ2n) is 6.15. The Labute approximate surface area is 156 Å². The van der Waals surface area contributed by atoms with Crippen LogP contribution < -0.4 is 5.32 Å². The van der Waals surface area contributed by atoms with E-state index in [1.807, 2.05) is 73.8 Å². The SMILES string of the molecule is C[C@@H](NC(=O)c1conc1-c1ccccc1)c1ccccc1-n1cccn1. The summed E-state index contributed by atoms with van der Waals surface area (Å²) in [6, 6.07) is 19.0. The summed E-state index contributed by atoms with van der Waals surface area (Å²) in [7, 11) is 0. The predicted octanol–water partition coefficient (Wildman–Crippen LogP) is 4.02. The summed E-state index contributed by atoms with van der Waals surface area (Å²) in [5.41, 5.74) is 3.66. The normalized spacial score (nSPS) is 11.9. The minimum atomic E-state index is -0.238. The second-order valence-corrected chi connectivity index (χ2v) is 6.15. The molecule has 0 saturated heterocycles. The maximum absolute atomic E-state index is 12.8. The molecule has 0 saturated carbocycles. The quantitative estimate of drug-likeness (QED) is 0.585. The number of benzene rings is 2. The number of carbonyl (C=O) groups excluding carboxylic acids is 1. The van der Waals surface area contributed by atoms with Gasteiger partial charge in [0.15, 0.2) is 0 Å². The van der Waals surface area contributed by atoms with Crippen molar-refractivity contribution in [3.63, 3.8) is 0 Å². The third kappa shape index (κ3) is 3.37. The number of aromatic nitrogens is 3. The van der Waals surface area contributed by atoms with Crippen molar-refractivity contribution in [2.75, 3.05) is 0 Å². The van der Waals surface area contributed by atoms with E-state index in [-0.39, 0.29) is 11.9 Å². The number of para-hydroxylation sites is 1. The Morgan fingerprint density at radius 2 is 1.85 bits per heavy atom. The monoisotopic (exact) mass is 358 g/mol. The van der Waals surface area contributed by atoms with Crippen molar-refractivity contribution in [1.82, 2.24) is 20.3 Å². The highest BCUT2D eigenvalue weighted by atomic mass is 16.5. The smallest absolute Gasteiger partial charge is 0.257 e. The van der Waals surface area contributed by atoms with Gasteiger partial charge in [0.25, 0.3) is 5.91 Å². The standard InChI is InChI=1S/C21H18N4O2/c1-15(17-10-5-6-11-19(17)25-13-7-12-22-25)23-21(26)18-14-27-24-20(18)16-8-3-2-4-9-16/h2-15H,1H3,(H,23,26)/t15-/m1/s1. The molecular formula is C21H18N4O2. The minimum Gasteiger partial charge on any atom is -0.363 e. The lowest BCUT2D eigenvalue weighted by atomic mass is 10.0. The summed E-state index contributed by atoms with van der Waals surface area (Å²) in [5, 5.41) is 11.3. The first-order valence-corrected chi connectivity index (χ1v) is 8.63. The largest absolute Gasteiger partial charge is 0.363 e. The van der Waals surface area contributed by atoms with Crippen LogP contribution in [0.4, 0.5) is 0 Å². The lowest BCUT2D eigenvalue weighted by molar-refractivity contribution is 0.0940. The van der Waals surface area contributed by atoms with Gasteiger partial charge in [0, 0.05) is 18.0 Å². The Balaban J connectivity index is 1.60. The topological polar surface area (TPSA) is 73.0 Å². The van der Waals surface area contributed by atoms with Crippen molar-refractivity contribution in [3.05, 3.63) is 90.4 Å². The summed E-state index contributed by atoms with van der Waals surface area (Å²) in [6.07, 6.45) is 4.98. The number of nitrogens with zero attached hydrogens (tertiary/aromatic N) is 3. The number of rotatable bonds is 5. The molecule has 1 atom stereocenters. The second kappa shape index (κ2) is 7.29. The van der Waals surface area contributed by atoms with Gasteiger partial charge in [0.1, 0.15) is 17.5 Å². The van der Waals surface area contributed by atoms with Gasteiger partial charge >= 0.3 is 0 Å². The van der Waals surface area contributed by atoms with Gasteiger partial charge in [-0.15, -0.1) is 0 Å². The minimum absolute atomic E-state index is 0.226. The van der Waals surface area contributed by atoms with Crippen LogP contribution in [0, 0.1) is 0 Å². The van der Waals surface area contributed by atoms with Crippen LogP contribution in [-0.4, -0.2) is 20.8 Å². The fraction of sp³-hybridized carbons (Fsp3) is 0.0952. The molecule has 6 heteroatoms. The van der Waals surface area contributed by atoms with Crippen LogP contribution in [-0.2, 0) is 0 Å². The molecule has 0 radical (unpaired) electrons. The highest BCUT2D eigenvalue weighted by molar-refractivity contribution is 5.99. The molecule has 2 heterocycles. The van der Waals surface area contributed by atoms with Gasteiger partial charge in [-0.3, -0.25) is 4.79 Å². The van der Waals surface area contributed by atoms with E-state index in [4.69, 9.17) is 4.52 Å². The molecule has 0 aliphatic carbocycles. The molecule has 0 aliphatic heterocycles. The molecule has 0 unspecified atom stereocenters. The zero-order chi connectivity index (χ0) is 18.6. The lowest BCUT2D eigenvalue weighted by Gasteiger charge is -2.18. The number of carbonyl (C=O) groups is 1. The van der Waals surface area contributed by atoms with Gasteiger partial charge in [-0.1, -0.05) is 53.7 Å². The molecule has 2 aromatic heterocycles. The van der Waals surface area contributed by atoms with Crippen molar-refractivity contribution >= 4 is 5.91 Å². The van der Waals surface area contributed by atoms with E-state index in [1.165, 1.54) is 6.26 Å². The van der Waals surface area contributed by atoms with Crippen molar-refractivity contribution in [3.8, 4) is 16.9 Å². The third-order valence-electron chi connectivity index (χ3n) is 4.36. The highest BCUT2D eigenvalue weighted by Crippen LogP contribution is 2.24. The number of hydrogen-bond acceptors (Lipinski definition) is 4. The Kier molecular flexibility index (Phi) is 4.53. The first kappa shape index (κ1) is 16.8. The maximum atomic E-state index is 12.8. The molecule has 0 fully saturated rings. The van der Waals surface area contributed by atoms with E-state index in [0.717, 1.165) is 16.8 Å². The van der Waals surface area contributed by atoms with Crippen molar-refractivity contribution < 1.29 is 9.32 Å². The number of hydrogen-bond donors (Lipinski definition) is 1. The van der Waals surface area contributed by atoms with E-state index in [0.29, 0.717) is 11.3 Å². The number of amides is 1. The van der Waals surface area contributed by atoms with E-state index in [9.17, 15) is 4.79 Å². The van der Waals surface area contributed by atoms with Crippen LogP contribution >= 0.6 is 0 Å². The van der Waals surface area contributed by atoms with E-state index >= 15 is 0 Å². The van der Waals surface area contributed by atoms with Gasteiger partial charge in [-0.05, 0) is 24.6 Å². The molecule has 0 bridgehead atoms. The molecule has 0 spiro atoms. The highest BCUT2D eigenvalue weighted by Gasteiger charge is 2.20. The third-order valence-corrected chi connectivity index (χ3v) is 4.36. The van der Waals surface area contributed by atoms with Gasteiger partial charge in [-0.25, -0.2) is 4.68 Å². The molecule has 0 aliphatic rings. The summed E-state index contributed by atoms with van der Waals surface area (Å²) in [4.78, 5) is 12.8. The van der Waals surface area contributed by atoms with E-state index in [2.05, 4.69) is 15.6 Å². The van der Waals surface area contributed by atoms with Crippen LogP contribution in [0.5, 0.6) is 0 Å². The van der Waals surface area contributed by atoms with Crippen LogP contribution in [0.25, 0.3) is 16.9 Å². The average Bonchev–Trinajstić information content (AvgIpc) is 3.40. The van der Waals surface area contributed by atoms with Gasteiger partial charge in [0.2, 0.25) is 0 Å². The Hall–Kier alpha value is -3.67.